The predicted octanol–water partition coefficient (Wildman–Crippen LogP) is 2.52. The Morgan fingerprint density at radius 2 is 1.80 bits per heavy atom. The standard InChI is InChI=1S/C23H29N3O4/c1-15-12-13-26(17-8-10-18(27)11-9-17)23(30)21(15)22(29)24-19-7-5-4-6-16(19)14-20(28)25(2)3/h4-7,12-13,17-18,27H,8-11,14H2,1-3H3,(H,24,29). The number of aryl methyl sites for hydroxylation is 1. The fourth-order valence-corrected chi connectivity index (χ4v) is 3.84. The van der Waals surface area contributed by atoms with Crippen molar-refractivity contribution in [2.75, 3.05) is 19.4 Å². The molecule has 1 aromatic carbocycles. The Labute approximate surface area is 176 Å². The molecule has 0 aliphatic heterocycles. The van der Waals surface area contributed by atoms with E-state index in [2.05, 4.69) is 5.32 Å². The van der Waals surface area contributed by atoms with Gasteiger partial charge in [0.05, 0.1) is 12.5 Å². The smallest absolute Gasteiger partial charge is 0.263 e. The van der Waals surface area contributed by atoms with E-state index in [0.29, 0.717) is 42.5 Å². The van der Waals surface area contributed by atoms with Crippen molar-refractivity contribution in [1.82, 2.24) is 9.47 Å². The summed E-state index contributed by atoms with van der Waals surface area (Å²) in [5.41, 5.74) is 1.60. The summed E-state index contributed by atoms with van der Waals surface area (Å²) in [6.45, 7) is 1.74. The van der Waals surface area contributed by atoms with Crippen molar-refractivity contribution in [1.29, 1.82) is 0 Å². The number of aliphatic hydroxyl groups excluding tert-OH is 1. The van der Waals surface area contributed by atoms with Crippen LogP contribution in [0.25, 0.3) is 0 Å². The third-order valence-electron chi connectivity index (χ3n) is 5.72. The largest absolute Gasteiger partial charge is 0.393 e. The lowest BCUT2D eigenvalue weighted by molar-refractivity contribution is -0.127. The number of carbonyl (C=O) groups excluding carboxylic acids is 2. The normalized spacial score (nSPS) is 18.7. The molecule has 1 heterocycles. The number of hydrogen-bond donors (Lipinski definition) is 2. The van der Waals surface area contributed by atoms with Gasteiger partial charge in [0.1, 0.15) is 5.56 Å². The second-order valence-electron chi connectivity index (χ2n) is 8.12. The van der Waals surface area contributed by atoms with E-state index in [9.17, 15) is 19.5 Å². The van der Waals surface area contributed by atoms with Crippen LogP contribution in [-0.4, -0.2) is 46.6 Å². The first-order chi connectivity index (χ1) is 14.3. The predicted molar refractivity (Wildman–Crippen MR) is 116 cm³/mol. The highest BCUT2D eigenvalue weighted by Crippen LogP contribution is 2.27. The maximum atomic E-state index is 13.1. The van der Waals surface area contributed by atoms with Crippen molar-refractivity contribution in [3.63, 3.8) is 0 Å². The van der Waals surface area contributed by atoms with Crippen molar-refractivity contribution in [3.8, 4) is 0 Å². The molecule has 0 bridgehead atoms. The van der Waals surface area contributed by atoms with Gasteiger partial charge in [0.15, 0.2) is 0 Å². The minimum Gasteiger partial charge on any atom is -0.393 e. The number of rotatable bonds is 5. The first kappa shape index (κ1) is 21.8. The maximum Gasteiger partial charge on any atom is 0.263 e. The van der Waals surface area contributed by atoms with E-state index in [0.717, 1.165) is 0 Å². The van der Waals surface area contributed by atoms with Gasteiger partial charge in [-0.2, -0.15) is 0 Å². The molecule has 0 saturated heterocycles. The molecule has 3 rings (SSSR count). The molecule has 160 valence electrons. The average molecular weight is 412 g/mol. The molecular formula is C23H29N3O4. The van der Waals surface area contributed by atoms with Crippen LogP contribution in [0.4, 0.5) is 5.69 Å². The molecule has 1 fully saturated rings. The summed E-state index contributed by atoms with van der Waals surface area (Å²) in [5.74, 6) is -0.554. The Kier molecular flexibility index (Phi) is 6.72. The van der Waals surface area contributed by atoms with Gasteiger partial charge in [-0.05, 0) is 55.9 Å². The van der Waals surface area contributed by atoms with Gasteiger partial charge in [0, 0.05) is 32.0 Å². The highest BCUT2D eigenvalue weighted by molar-refractivity contribution is 6.05. The van der Waals surface area contributed by atoms with Gasteiger partial charge >= 0.3 is 0 Å². The topological polar surface area (TPSA) is 91.6 Å². The monoisotopic (exact) mass is 411 g/mol. The number of nitrogens with zero attached hydrogens (tertiary/aromatic N) is 2. The molecule has 1 saturated carbocycles. The minimum atomic E-state index is -0.479. The van der Waals surface area contributed by atoms with Crippen LogP contribution in [0.3, 0.4) is 0 Å². The van der Waals surface area contributed by atoms with Gasteiger partial charge in [-0.3, -0.25) is 14.4 Å². The molecule has 1 aromatic heterocycles. The van der Waals surface area contributed by atoms with Crippen molar-refractivity contribution in [2.24, 2.45) is 0 Å². The van der Waals surface area contributed by atoms with Crippen molar-refractivity contribution in [2.45, 2.75) is 51.2 Å². The molecule has 0 unspecified atom stereocenters. The zero-order valence-corrected chi connectivity index (χ0v) is 17.7. The number of hydrogen-bond acceptors (Lipinski definition) is 4. The molecule has 2 aromatic rings. The Morgan fingerprint density at radius 1 is 1.13 bits per heavy atom. The molecule has 2 amide bonds. The number of aromatic nitrogens is 1. The third-order valence-corrected chi connectivity index (χ3v) is 5.72. The first-order valence-corrected chi connectivity index (χ1v) is 10.3. The number of likely N-dealkylation sites (N-methyl/N-ethyl adjacent to an activating group) is 1. The van der Waals surface area contributed by atoms with Crippen molar-refractivity contribution in [3.05, 3.63) is 63.6 Å². The van der Waals surface area contributed by atoms with Crippen LogP contribution in [-0.2, 0) is 11.2 Å². The molecule has 30 heavy (non-hydrogen) atoms. The summed E-state index contributed by atoms with van der Waals surface area (Å²) < 4.78 is 1.62. The molecular weight excluding hydrogens is 382 g/mol. The molecule has 0 radical (unpaired) electrons. The van der Waals surface area contributed by atoms with E-state index in [-0.39, 0.29) is 35.6 Å². The molecule has 0 spiro atoms. The molecule has 2 N–H and O–H groups in total. The lowest BCUT2D eigenvalue weighted by Crippen LogP contribution is -2.34. The first-order valence-electron chi connectivity index (χ1n) is 10.3. The molecule has 1 aliphatic carbocycles. The quantitative estimate of drug-likeness (QED) is 0.791. The van der Waals surface area contributed by atoms with Crippen LogP contribution in [0.2, 0.25) is 0 Å². The van der Waals surface area contributed by atoms with Crippen molar-refractivity contribution >= 4 is 17.5 Å². The fraction of sp³-hybridized carbons (Fsp3) is 0.435. The summed E-state index contributed by atoms with van der Waals surface area (Å²) in [7, 11) is 3.37. The number of para-hydroxylation sites is 1. The summed E-state index contributed by atoms with van der Waals surface area (Å²) in [6.07, 6.45) is 4.30. The number of anilines is 1. The highest BCUT2D eigenvalue weighted by atomic mass is 16.3. The van der Waals surface area contributed by atoms with Gasteiger partial charge in [0.25, 0.3) is 11.5 Å². The van der Waals surface area contributed by atoms with Crippen LogP contribution < -0.4 is 10.9 Å². The molecule has 7 nitrogen and oxygen atoms in total. The number of pyridine rings is 1. The fourth-order valence-electron chi connectivity index (χ4n) is 3.84. The minimum absolute atomic E-state index is 0.0157. The number of carbonyl (C=O) groups is 2. The van der Waals surface area contributed by atoms with E-state index in [4.69, 9.17) is 0 Å². The van der Waals surface area contributed by atoms with Crippen LogP contribution in [0.5, 0.6) is 0 Å². The summed E-state index contributed by atoms with van der Waals surface area (Å²) >= 11 is 0. The van der Waals surface area contributed by atoms with E-state index in [1.807, 2.05) is 6.07 Å². The summed E-state index contributed by atoms with van der Waals surface area (Å²) in [4.78, 5) is 39.8. The number of aliphatic hydroxyl groups is 1. The lowest BCUT2D eigenvalue weighted by atomic mass is 9.92. The number of amides is 2. The average Bonchev–Trinajstić information content (AvgIpc) is 2.70. The van der Waals surface area contributed by atoms with E-state index in [1.165, 1.54) is 4.90 Å². The van der Waals surface area contributed by atoms with Crippen molar-refractivity contribution < 1.29 is 14.7 Å². The maximum absolute atomic E-state index is 13.1. The van der Waals surface area contributed by atoms with Crippen LogP contribution >= 0.6 is 0 Å². The highest BCUT2D eigenvalue weighted by Gasteiger charge is 2.24. The third kappa shape index (κ3) is 4.79. The molecule has 0 atom stereocenters. The van der Waals surface area contributed by atoms with E-state index >= 15 is 0 Å². The molecule has 7 heteroatoms. The van der Waals surface area contributed by atoms with Gasteiger partial charge in [-0.25, -0.2) is 0 Å². The van der Waals surface area contributed by atoms with Crippen LogP contribution in [0.15, 0.2) is 41.3 Å². The summed E-state index contributed by atoms with van der Waals surface area (Å²) in [6, 6.07) is 8.88. The Morgan fingerprint density at radius 3 is 2.47 bits per heavy atom. The van der Waals surface area contributed by atoms with Crippen LogP contribution in [0, 0.1) is 6.92 Å². The Hall–Kier alpha value is -2.93. The van der Waals surface area contributed by atoms with E-state index < -0.39 is 5.91 Å². The van der Waals surface area contributed by atoms with Crippen LogP contribution in [0.1, 0.15) is 53.2 Å². The second-order valence-corrected chi connectivity index (χ2v) is 8.12. The zero-order chi connectivity index (χ0) is 21.8. The van der Waals surface area contributed by atoms with Gasteiger partial charge in [0.2, 0.25) is 5.91 Å². The SMILES string of the molecule is Cc1ccn(C2CCC(O)CC2)c(=O)c1C(=O)Nc1ccccc1CC(=O)N(C)C. The Bertz CT molecular complexity index is 988. The number of benzene rings is 1. The van der Waals surface area contributed by atoms with Gasteiger partial charge in [-0.1, -0.05) is 18.2 Å². The zero-order valence-electron chi connectivity index (χ0n) is 17.7. The number of nitrogens with one attached hydrogen (secondary N) is 1. The second kappa shape index (κ2) is 9.26. The van der Waals surface area contributed by atoms with Gasteiger partial charge < -0.3 is 19.9 Å². The lowest BCUT2D eigenvalue weighted by Gasteiger charge is -2.27. The van der Waals surface area contributed by atoms with E-state index in [1.54, 1.807) is 56.0 Å². The van der Waals surface area contributed by atoms with Gasteiger partial charge in [-0.15, -0.1) is 0 Å². The molecule has 1 aliphatic rings. The summed E-state index contributed by atoms with van der Waals surface area (Å²) in [5, 5.41) is 12.6. The Balaban J connectivity index is 1.87.